The highest BCUT2D eigenvalue weighted by molar-refractivity contribution is 7.02. The minimum atomic E-state index is -0.0827. The average molecular weight is 446 g/mol. The number of aromatic amines is 1. The number of amides is 1. The summed E-state index contributed by atoms with van der Waals surface area (Å²) in [5, 5.41) is 14.4. The zero-order valence-electron chi connectivity index (χ0n) is 17.7. The normalized spacial score (nSPS) is 14.1. The maximum atomic E-state index is 12.1. The maximum Gasteiger partial charge on any atom is 0.248 e. The molecule has 1 aliphatic rings. The molecular formula is C23H23N7OS. The number of nitrogens with one attached hydrogen (secondary N) is 1. The van der Waals surface area contributed by atoms with Gasteiger partial charge in [-0.3, -0.25) is 9.36 Å². The van der Waals surface area contributed by atoms with E-state index in [9.17, 15) is 4.79 Å². The van der Waals surface area contributed by atoms with Crippen molar-refractivity contribution in [2.75, 3.05) is 0 Å². The molecule has 32 heavy (non-hydrogen) atoms. The van der Waals surface area contributed by atoms with E-state index in [0.29, 0.717) is 29.5 Å². The van der Waals surface area contributed by atoms with Gasteiger partial charge in [0.2, 0.25) is 16.5 Å². The number of aromatic nitrogens is 6. The molecule has 162 valence electrons. The fourth-order valence-electron chi connectivity index (χ4n) is 3.70. The molecule has 1 saturated carbocycles. The van der Waals surface area contributed by atoms with Gasteiger partial charge in [-0.05, 0) is 41.2 Å². The highest BCUT2D eigenvalue weighted by Gasteiger charge is 2.29. The van der Waals surface area contributed by atoms with Gasteiger partial charge < -0.3 is 0 Å². The third-order valence-corrected chi connectivity index (χ3v) is 6.23. The lowest BCUT2D eigenvalue weighted by Crippen LogP contribution is -2.20. The maximum absolute atomic E-state index is 12.1. The molecule has 1 fully saturated rings. The number of H-pyrrole nitrogens is 1. The topological polar surface area (TPSA) is 102 Å². The second kappa shape index (κ2) is 8.96. The summed E-state index contributed by atoms with van der Waals surface area (Å²) < 4.78 is 6.74. The molecule has 4 aromatic rings. The SMILES string of the molecule is CCCC(=O)N=c1snc(C2CC2)n1Cc1ccc(-c2ccccc2-c2nn[nH]n2)cc1. The van der Waals surface area contributed by atoms with Crippen molar-refractivity contribution >= 4 is 17.4 Å². The molecule has 1 N–H and O–H groups in total. The van der Waals surface area contributed by atoms with Crippen LogP contribution in [0.2, 0.25) is 0 Å². The largest absolute Gasteiger partial charge is 0.299 e. The summed E-state index contributed by atoms with van der Waals surface area (Å²) in [5.41, 5.74) is 4.19. The summed E-state index contributed by atoms with van der Waals surface area (Å²) in [6.45, 7) is 2.63. The molecule has 2 aromatic heterocycles. The number of tetrazole rings is 1. The van der Waals surface area contributed by atoms with Gasteiger partial charge in [-0.15, -0.1) is 10.2 Å². The van der Waals surface area contributed by atoms with Crippen molar-refractivity contribution in [3.63, 3.8) is 0 Å². The van der Waals surface area contributed by atoms with Gasteiger partial charge in [-0.1, -0.05) is 55.5 Å². The Morgan fingerprint density at radius 2 is 1.94 bits per heavy atom. The van der Waals surface area contributed by atoms with E-state index in [-0.39, 0.29) is 5.91 Å². The van der Waals surface area contributed by atoms with Crippen molar-refractivity contribution in [1.82, 2.24) is 29.6 Å². The summed E-state index contributed by atoms with van der Waals surface area (Å²) in [5.74, 6) is 2.02. The van der Waals surface area contributed by atoms with Gasteiger partial charge >= 0.3 is 0 Å². The smallest absolute Gasteiger partial charge is 0.248 e. The Labute approximate surface area is 189 Å². The first-order valence-corrected chi connectivity index (χ1v) is 11.6. The first-order valence-electron chi connectivity index (χ1n) is 10.8. The van der Waals surface area contributed by atoms with Crippen LogP contribution in [-0.2, 0) is 11.3 Å². The average Bonchev–Trinajstić information content (AvgIpc) is 3.36. The number of carbonyl (C=O) groups excluding carboxylic acids is 1. The van der Waals surface area contributed by atoms with Crippen LogP contribution in [0.1, 0.15) is 49.9 Å². The number of hydrogen-bond acceptors (Lipinski definition) is 6. The molecule has 8 nitrogen and oxygen atoms in total. The molecule has 0 unspecified atom stereocenters. The molecule has 2 heterocycles. The summed E-state index contributed by atoms with van der Waals surface area (Å²) in [4.78, 5) is 17.2. The fourth-order valence-corrected chi connectivity index (χ4v) is 4.53. The minimum Gasteiger partial charge on any atom is -0.299 e. The third-order valence-electron chi connectivity index (χ3n) is 5.47. The van der Waals surface area contributed by atoms with Crippen LogP contribution in [0.3, 0.4) is 0 Å². The molecule has 0 atom stereocenters. The van der Waals surface area contributed by atoms with Crippen molar-refractivity contribution in [1.29, 1.82) is 0 Å². The van der Waals surface area contributed by atoms with Gasteiger partial charge in [0.15, 0.2) is 0 Å². The first-order chi connectivity index (χ1) is 15.7. The Morgan fingerprint density at radius 3 is 2.62 bits per heavy atom. The molecule has 0 saturated heterocycles. The van der Waals surface area contributed by atoms with E-state index in [1.807, 2.05) is 25.1 Å². The summed E-state index contributed by atoms with van der Waals surface area (Å²) in [7, 11) is 0. The van der Waals surface area contributed by atoms with Crippen molar-refractivity contribution in [3.05, 3.63) is 64.7 Å². The third kappa shape index (κ3) is 4.29. The lowest BCUT2D eigenvalue weighted by molar-refractivity contribution is -0.118. The molecule has 0 aliphatic heterocycles. The Hall–Kier alpha value is -3.46. The second-order valence-electron chi connectivity index (χ2n) is 7.92. The standard InChI is InChI=1S/C23H23N7OS/c1-2-5-20(31)24-23-30(22(27-32-23)17-12-13-17)14-15-8-10-16(11-9-15)18-6-3-4-7-19(18)21-25-28-29-26-21/h3-4,6-11,17H,2,5,12-14H2,1H3,(H,25,26,28,29). The van der Waals surface area contributed by atoms with Gasteiger partial charge in [0.25, 0.3) is 0 Å². The molecule has 0 spiro atoms. The van der Waals surface area contributed by atoms with E-state index in [1.165, 1.54) is 11.5 Å². The number of nitrogens with zero attached hydrogens (tertiary/aromatic N) is 6. The molecule has 0 bridgehead atoms. The van der Waals surface area contributed by atoms with Crippen LogP contribution in [0, 0.1) is 0 Å². The molecule has 5 rings (SSSR count). The van der Waals surface area contributed by atoms with Gasteiger partial charge in [-0.25, -0.2) is 0 Å². The van der Waals surface area contributed by atoms with Crippen LogP contribution in [0.5, 0.6) is 0 Å². The molecular weight excluding hydrogens is 422 g/mol. The summed E-state index contributed by atoms with van der Waals surface area (Å²) in [6, 6.07) is 16.4. The van der Waals surface area contributed by atoms with Gasteiger partial charge in [0.1, 0.15) is 5.82 Å². The highest BCUT2D eigenvalue weighted by atomic mass is 32.1. The van der Waals surface area contributed by atoms with E-state index in [1.54, 1.807) is 0 Å². The van der Waals surface area contributed by atoms with Crippen LogP contribution >= 0.6 is 11.5 Å². The lowest BCUT2D eigenvalue weighted by atomic mass is 9.98. The predicted octanol–water partition coefficient (Wildman–Crippen LogP) is 3.94. The van der Waals surface area contributed by atoms with Crippen molar-refractivity contribution in [2.45, 2.75) is 45.1 Å². The Kier molecular flexibility index (Phi) is 5.72. The van der Waals surface area contributed by atoms with E-state index in [4.69, 9.17) is 0 Å². The summed E-state index contributed by atoms with van der Waals surface area (Å²) in [6.07, 6.45) is 3.56. The number of carbonyl (C=O) groups is 1. The molecule has 9 heteroatoms. The Bertz CT molecular complexity index is 1280. The highest BCUT2D eigenvalue weighted by Crippen LogP contribution is 2.39. The number of rotatable bonds is 7. The van der Waals surface area contributed by atoms with Crippen LogP contribution in [0.25, 0.3) is 22.5 Å². The number of benzene rings is 2. The second-order valence-corrected chi connectivity index (χ2v) is 8.65. The fraction of sp³-hybridized carbons (Fsp3) is 0.304. The predicted molar refractivity (Wildman–Crippen MR) is 122 cm³/mol. The van der Waals surface area contributed by atoms with E-state index in [2.05, 4.69) is 64.9 Å². The van der Waals surface area contributed by atoms with Crippen LogP contribution in [0.15, 0.2) is 53.5 Å². The molecule has 1 aliphatic carbocycles. The summed E-state index contributed by atoms with van der Waals surface area (Å²) >= 11 is 1.32. The number of hydrogen-bond donors (Lipinski definition) is 1. The van der Waals surface area contributed by atoms with E-state index < -0.39 is 0 Å². The zero-order chi connectivity index (χ0) is 21.9. The molecule has 2 aromatic carbocycles. The quantitative estimate of drug-likeness (QED) is 0.464. The van der Waals surface area contributed by atoms with Gasteiger partial charge in [0, 0.05) is 29.4 Å². The molecule has 1 amide bonds. The Balaban J connectivity index is 1.45. The Morgan fingerprint density at radius 1 is 1.16 bits per heavy atom. The van der Waals surface area contributed by atoms with E-state index >= 15 is 0 Å². The van der Waals surface area contributed by atoms with Crippen molar-refractivity contribution in [2.24, 2.45) is 4.99 Å². The first kappa shape index (κ1) is 20.4. The zero-order valence-corrected chi connectivity index (χ0v) is 18.5. The van der Waals surface area contributed by atoms with E-state index in [0.717, 1.165) is 47.3 Å². The van der Waals surface area contributed by atoms with Gasteiger partial charge in [-0.2, -0.15) is 14.6 Å². The van der Waals surface area contributed by atoms with Crippen molar-refractivity contribution < 1.29 is 4.79 Å². The lowest BCUT2D eigenvalue weighted by Gasteiger charge is -2.10. The van der Waals surface area contributed by atoms with Crippen molar-refractivity contribution in [3.8, 4) is 22.5 Å². The molecule has 0 radical (unpaired) electrons. The van der Waals surface area contributed by atoms with Gasteiger partial charge in [0.05, 0.1) is 6.54 Å². The van der Waals surface area contributed by atoms with Crippen LogP contribution < -0.4 is 4.80 Å². The minimum absolute atomic E-state index is 0.0827. The van der Waals surface area contributed by atoms with Crippen LogP contribution in [-0.4, -0.2) is 35.5 Å². The van der Waals surface area contributed by atoms with Crippen LogP contribution in [0.4, 0.5) is 0 Å². The monoisotopic (exact) mass is 445 g/mol.